The van der Waals surface area contributed by atoms with E-state index in [1.807, 2.05) is 90.6 Å². The average molecular weight is 368 g/mol. The van der Waals surface area contributed by atoms with Gasteiger partial charge in [-0.1, -0.05) is 66.2 Å². The van der Waals surface area contributed by atoms with Gasteiger partial charge in [0.15, 0.2) is 0 Å². The molecule has 1 heterocycles. The van der Waals surface area contributed by atoms with E-state index in [0.717, 1.165) is 28.1 Å². The van der Waals surface area contributed by atoms with Crippen LogP contribution in [0.15, 0.2) is 91.1 Å². The smallest absolute Gasteiger partial charge is 0.338 e. The largest absolute Gasteiger partial charge is 0.457 e. The fourth-order valence-electron chi connectivity index (χ4n) is 2.98. The van der Waals surface area contributed by atoms with Gasteiger partial charge in [-0.15, -0.1) is 0 Å². The predicted molar refractivity (Wildman–Crippen MR) is 109 cm³/mol. The molecule has 4 aromatic rings. The first-order chi connectivity index (χ1) is 13.7. The van der Waals surface area contributed by atoms with Gasteiger partial charge < -0.3 is 4.74 Å². The molecule has 4 rings (SSSR count). The number of aryl methyl sites for hydroxylation is 1. The summed E-state index contributed by atoms with van der Waals surface area (Å²) in [4.78, 5) is 12.4. The zero-order chi connectivity index (χ0) is 19.3. The van der Waals surface area contributed by atoms with E-state index in [0.29, 0.717) is 5.56 Å². The molecule has 0 bridgehead atoms. The fraction of sp³-hybridized carbons (Fsp3) is 0.0833. The van der Waals surface area contributed by atoms with E-state index >= 15 is 0 Å². The Bertz CT molecular complexity index is 1070. The van der Waals surface area contributed by atoms with Crippen LogP contribution in [0.25, 0.3) is 16.9 Å². The van der Waals surface area contributed by atoms with E-state index < -0.39 is 0 Å². The normalized spacial score (nSPS) is 10.6. The van der Waals surface area contributed by atoms with Gasteiger partial charge in [0.25, 0.3) is 0 Å². The van der Waals surface area contributed by atoms with Crippen LogP contribution in [0.1, 0.15) is 21.5 Å². The minimum atomic E-state index is -0.341. The first-order valence-electron chi connectivity index (χ1n) is 9.14. The number of carbonyl (C=O) groups is 1. The van der Waals surface area contributed by atoms with Crippen molar-refractivity contribution in [2.24, 2.45) is 0 Å². The van der Waals surface area contributed by atoms with Crippen molar-refractivity contribution in [1.82, 2.24) is 9.78 Å². The van der Waals surface area contributed by atoms with Crippen LogP contribution in [0.5, 0.6) is 0 Å². The molecule has 0 aliphatic heterocycles. The Morgan fingerprint density at radius 1 is 0.893 bits per heavy atom. The molecule has 0 saturated carbocycles. The van der Waals surface area contributed by atoms with Crippen LogP contribution >= 0.6 is 0 Å². The molecule has 0 aliphatic rings. The number of carbonyl (C=O) groups excluding carboxylic acids is 1. The molecule has 1 aromatic heterocycles. The van der Waals surface area contributed by atoms with Gasteiger partial charge in [-0.05, 0) is 31.2 Å². The number of ether oxygens (including phenoxy) is 1. The molecule has 0 N–H and O–H groups in total. The summed E-state index contributed by atoms with van der Waals surface area (Å²) < 4.78 is 7.39. The number of hydrogen-bond acceptors (Lipinski definition) is 3. The van der Waals surface area contributed by atoms with Crippen LogP contribution in [-0.4, -0.2) is 15.7 Å². The molecule has 0 unspecified atom stereocenters. The lowest BCUT2D eigenvalue weighted by Gasteiger charge is -2.05. The van der Waals surface area contributed by atoms with Gasteiger partial charge in [-0.3, -0.25) is 0 Å². The van der Waals surface area contributed by atoms with E-state index in [9.17, 15) is 4.79 Å². The topological polar surface area (TPSA) is 44.1 Å². The molecular formula is C24H20N2O2. The van der Waals surface area contributed by atoms with Gasteiger partial charge in [0, 0.05) is 17.3 Å². The summed E-state index contributed by atoms with van der Waals surface area (Å²) in [6.45, 7) is 2.14. The van der Waals surface area contributed by atoms with Gasteiger partial charge in [0.05, 0.1) is 16.9 Å². The van der Waals surface area contributed by atoms with Crippen molar-refractivity contribution in [3.05, 3.63) is 108 Å². The van der Waals surface area contributed by atoms with Crippen molar-refractivity contribution in [3.63, 3.8) is 0 Å². The van der Waals surface area contributed by atoms with Gasteiger partial charge in [0.2, 0.25) is 0 Å². The molecule has 28 heavy (non-hydrogen) atoms. The molecule has 0 atom stereocenters. The number of aromatic nitrogens is 2. The molecule has 4 heteroatoms. The minimum absolute atomic E-state index is 0.157. The van der Waals surface area contributed by atoms with E-state index in [1.54, 1.807) is 12.1 Å². The Morgan fingerprint density at radius 2 is 1.54 bits per heavy atom. The highest BCUT2D eigenvalue weighted by Crippen LogP contribution is 2.24. The van der Waals surface area contributed by atoms with Crippen LogP contribution in [-0.2, 0) is 11.3 Å². The minimum Gasteiger partial charge on any atom is -0.457 e. The maximum absolute atomic E-state index is 12.4. The molecule has 0 spiro atoms. The van der Waals surface area contributed by atoms with E-state index in [-0.39, 0.29) is 12.6 Å². The highest BCUT2D eigenvalue weighted by atomic mass is 16.5. The zero-order valence-corrected chi connectivity index (χ0v) is 15.6. The number of nitrogens with zero attached hydrogens (tertiary/aromatic N) is 2. The van der Waals surface area contributed by atoms with E-state index in [1.165, 1.54) is 0 Å². The van der Waals surface area contributed by atoms with Crippen LogP contribution in [0, 0.1) is 6.92 Å². The molecule has 0 saturated heterocycles. The van der Waals surface area contributed by atoms with Crippen LogP contribution in [0.2, 0.25) is 0 Å². The van der Waals surface area contributed by atoms with Crippen molar-refractivity contribution in [3.8, 4) is 16.9 Å². The lowest BCUT2D eigenvalue weighted by molar-refractivity contribution is 0.0473. The number of benzene rings is 3. The monoisotopic (exact) mass is 368 g/mol. The van der Waals surface area contributed by atoms with Gasteiger partial charge in [-0.25, -0.2) is 9.48 Å². The van der Waals surface area contributed by atoms with Gasteiger partial charge in [-0.2, -0.15) is 5.10 Å². The summed E-state index contributed by atoms with van der Waals surface area (Å²) in [6, 6.07) is 27.2. The highest BCUT2D eigenvalue weighted by Gasteiger charge is 2.15. The predicted octanol–water partition coefficient (Wildman–Crippen LogP) is 5.20. The SMILES string of the molecule is Cc1ccc(C(=O)OCc2cn(-c3ccccc3)nc2-c2ccccc2)cc1. The number of esters is 1. The third-order valence-corrected chi connectivity index (χ3v) is 4.50. The Hall–Kier alpha value is -3.66. The summed E-state index contributed by atoms with van der Waals surface area (Å²) in [7, 11) is 0. The second-order valence-electron chi connectivity index (χ2n) is 6.59. The Morgan fingerprint density at radius 3 is 2.21 bits per heavy atom. The maximum Gasteiger partial charge on any atom is 0.338 e. The molecule has 0 fully saturated rings. The first-order valence-corrected chi connectivity index (χ1v) is 9.14. The van der Waals surface area contributed by atoms with Crippen LogP contribution in [0.4, 0.5) is 0 Å². The van der Waals surface area contributed by atoms with Gasteiger partial charge >= 0.3 is 5.97 Å². The lowest BCUT2D eigenvalue weighted by Crippen LogP contribution is -2.05. The molecule has 4 nitrogen and oxygen atoms in total. The highest BCUT2D eigenvalue weighted by molar-refractivity contribution is 5.89. The Balaban J connectivity index is 1.62. The Labute approximate surface area is 164 Å². The second-order valence-corrected chi connectivity index (χ2v) is 6.59. The Kier molecular flexibility index (Phi) is 5.02. The van der Waals surface area contributed by atoms with Crippen molar-refractivity contribution in [2.45, 2.75) is 13.5 Å². The summed E-state index contributed by atoms with van der Waals surface area (Å²) in [5.41, 5.74) is 5.25. The maximum atomic E-state index is 12.4. The molecule has 0 aliphatic carbocycles. The van der Waals surface area contributed by atoms with Crippen LogP contribution < -0.4 is 0 Å². The van der Waals surface area contributed by atoms with Crippen molar-refractivity contribution in [1.29, 1.82) is 0 Å². The number of para-hydroxylation sites is 1. The lowest BCUT2D eigenvalue weighted by atomic mass is 10.1. The first kappa shape index (κ1) is 17.7. The third kappa shape index (κ3) is 3.86. The summed E-state index contributed by atoms with van der Waals surface area (Å²) in [5, 5.41) is 4.74. The molecular weight excluding hydrogens is 348 g/mol. The average Bonchev–Trinajstić information content (AvgIpc) is 3.18. The van der Waals surface area contributed by atoms with E-state index in [4.69, 9.17) is 9.84 Å². The van der Waals surface area contributed by atoms with Crippen molar-refractivity contribution >= 4 is 5.97 Å². The molecule has 0 radical (unpaired) electrons. The quantitative estimate of drug-likeness (QED) is 0.455. The second kappa shape index (κ2) is 7.92. The van der Waals surface area contributed by atoms with Crippen molar-refractivity contribution < 1.29 is 9.53 Å². The van der Waals surface area contributed by atoms with E-state index in [2.05, 4.69) is 0 Å². The third-order valence-electron chi connectivity index (χ3n) is 4.50. The molecule has 3 aromatic carbocycles. The fourth-order valence-corrected chi connectivity index (χ4v) is 2.98. The summed E-state index contributed by atoms with van der Waals surface area (Å²) in [5.74, 6) is -0.341. The number of rotatable bonds is 5. The molecule has 138 valence electrons. The number of hydrogen-bond donors (Lipinski definition) is 0. The standard InChI is InChI=1S/C24H20N2O2/c1-18-12-14-20(15-13-18)24(27)28-17-21-16-26(22-10-6-3-7-11-22)25-23(21)19-8-4-2-5-9-19/h2-16H,17H2,1H3. The zero-order valence-electron chi connectivity index (χ0n) is 15.6. The molecule has 0 amide bonds. The van der Waals surface area contributed by atoms with Crippen LogP contribution in [0.3, 0.4) is 0 Å². The van der Waals surface area contributed by atoms with Crippen molar-refractivity contribution in [2.75, 3.05) is 0 Å². The van der Waals surface area contributed by atoms with Gasteiger partial charge in [0.1, 0.15) is 6.61 Å². The summed E-state index contributed by atoms with van der Waals surface area (Å²) >= 11 is 0. The summed E-state index contributed by atoms with van der Waals surface area (Å²) in [6.07, 6.45) is 1.92.